The zero-order valence-electron chi connectivity index (χ0n) is 15.9. The Hall–Kier alpha value is -2.66. The fourth-order valence-electron chi connectivity index (χ4n) is 3.75. The Labute approximate surface area is 163 Å². The number of hydrogen-bond donors (Lipinski definition) is 1. The van der Waals surface area contributed by atoms with E-state index in [1.165, 1.54) is 22.5 Å². The van der Waals surface area contributed by atoms with Gasteiger partial charge in [0, 0.05) is 23.5 Å². The molecule has 1 aliphatic rings. The standard InChI is InChI=1S/C22H23N3OS/c1-13-9-10-16(14(2)12-13)21-24-15(3)20(27-21)22(26)25-11-5-6-17-18(23)7-4-8-19(17)25/h4,7-10,12H,5-6,11,23H2,1-3H3. The highest BCUT2D eigenvalue weighted by molar-refractivity contribution is 7.17. The van der Waals surface area contributed by atoms with Crippen molar-refractivity contribution in [2.24, 2.45) is 0 Å². The first kappa shape index (κ1) is 17.7. The van der Waals surface area contributed by atoms with E-state index in [1.54, 1.807) is 0 Å². The molecule has 4 nitrogen and oxygen atoms in total. The van der Waals surface area contributed by atoms with Crippen LogP contribution < -0.4 is 10.6 Å². The maximum atomic E-state index is 13.3. The average Bonchev–Trinajstić information content (AvgIpc) is 3.02. The molecule has 0 saturated heterocycles. The maximum absolute atomic E-state index is 13.3. The van der Waals surface area contributed by atoms with Gasteiger partial charge in [-0.05, 0) is 56.9 Å². The molecule has 4 rings (SSSR count). The fraction of sp³-hybridized carbons (Fsp3) is 0.273. The molecule has 5 heteroatoms. The molecule has 2 N–H and O–H groups in total. The van der Waals surface area contributed by atoms with E-state index in [4.69, 9.17) is 10.7 Å². The maximum Gasteiger partial charge on any atom is 0.270 e. The van der Waals surface area contributed by atoms with E-state index >= 15 is 0 Å². The zero-order chi connectivity index (χ0) is 19.1. The number of carbonyl (C=O) groups excluding carboxylic acids is 1. The van der Waals surface area contributed by atoms with Gasteiger partial charge in [0.25, 0.3) is 5.91 Å². The van der Waals surface area contributed by atoms with Crippen LogP contribution >= 0.6 is 11.3 Å². The molecule has 1 aromatic heterocycles. The Morgan fingerprint density at radius 2 is 2.00 bits per heavy atom. The number of aryl methyl sites for hydroxylation is 3. The molecule has 1 aliphatic heterocycles. The highest BCUT2D eigenvalue weighted by Gasteiger charge is 2.27. The molecule has 0 aliphatic carbocycles. The van der Waals surface area contributed by atoms with Gasteiger partial charge in [-0.15, -0.1) is 11.3 Å². The zero-order valence-corrected chi connectivity index (χ0v) is 16.7. The molecule has 2 aromatic carbocycles. The molecular formula is C22H23N3OS. The third-order valence-electron chi connectivity index (χ3n) is 5.14. The van der Waals surface area contributed by atoms with Crippen molar-refractivity contribution in [2.75, 3.05) is 17.2 Å². The lowest BCUT2D eigenvalue weighted by Gasteiger charge is -2.30. The molecule has 0 fully saturated rings. The van der Waals surface area contributed by atoms with Crippen LogP contribution in [0.5, 0.6) is 0 Å². The Morgan fingerprint density at radius 1 is 1.19 bits per heavy atom. The largest absolute Gasteiger partial charge is 0.398 e. The number of nitrogens with two attached hydrogens (primary N) is 1. The third kappa shape index (κ3) is 3.12. The van der Waals surface area contributed by atoms with Crippen LogP contribution in [0.1, 0.15) is 38.5 Å². The predicted molar refractivity (Wildman–Crippen MR) is 113 cm³/mol. The van der Waals surface area contributed by atoms with Gasteiger partial charge in [-0.25, -0.2) is 4.98 Å². The molecule has 1 amide bonds. The second-order valence-electron chi connectivity index (χ2n) is 7.16. The fourth-order valence-corrected chi connectivity index (χ4v) is 4.85. The van der Waals surface area contributed by atoms with Gasteiger partial charge in [0.15, 0.2) is 0 Å². The number of amides is 1. The van der Waals surface area contributed by atoms with Crippen molar-refractivity contribution in [3.8, 4) is 10.6 Å². The van der Waals surface area contributed by atoms with Gasteiger partial charge in [0.2, 0.25) is 0 Å². The van der Waals surface area contributed by atoms with Crippen molar-refractivity contribution in [1.29, 1.82) is 0 Å². The van der Waals surface area contributed by atoms with Crippen LogP contribution in [0.3, 0.4) is 0 Å². The van der Waals surface area contributed by atoms with Crippen LogP contribution in [0.25, 0.3) is 10.6 Å². The predicted octanol–water partition coefficient (Wildman–Crippen LogP) is 4.91. The number of fused-ring (bicyclic) bond motifs is 1. The molecule has 0 bridgehead atoms. The Kier molecular flexibility index (Phi) is 4.48. The minimum atomic E-state index is 0.0209. The van der Waals surface area contributed by atoms with Crippen molar-refractivity contribution in [3.05, 3.63) is 63.7 Å². The minimum Gasteiger partial charge on any atom is -0.398 e. The van der Waals surface area contributed by atoms with Crippen LogP contribution in [0.2, 0.25) is 0 Å². The van der Waals surface area contributed by atoms with Crippen molar-refractivity contribution in [2.45, 2.75) is 33.6 Å². The third-order valence-corrected chi connectivity index (χ3v) is 6.31. The minimum absolute atomic E-state index is 0.0209. The highest BCUT2D eigenvalue weighted by Crippen LogP contribution is 2.35. The van der Waals surface area contributed by atoms with Gasteiger partial charge in [-0.3, -0.25) is 4.79 Å². The SMILES string of the molecule is Cc1ccc(-c2nc(C)c(C(=O)N3CCCc4c(N)cccc43)s2)c(C)c1. The lowest BCUT2D eigenvalue weighted by atomic mass is 9.99. The van der Waals surface area contributed by atoms with Gasteiger partial charge >= 0.3 is 0 Å². The van der Waals surface area contributed by atoms with E-state index in [1.807, 2.05) is 30.0 Å². The van der Waals surface area contributed by atoms with Crippen LogP contribution in [-0.2, 0) is 6.42 Å². The molecule has 27 heavy (non-hydrogen) atoms. The number of aromatic nitrogens is 1. The summed E-state index contributed by atoms with van der Waals surface area (Å²) in [4.78, 5) is 20.6. The molecule has 138 valence electrons. The average molecular weight is 378 g/mol. The molecule has 0 spiro atoms. The van der Waals surface area contributed by atoms with E-state index in [2.05, 4.69) is 32.0 Å². The lowest BCUT2D eigenvalue weighted by Crippen LogP contribution is -2.35. The number of carbonyl (C=O) groups is 1. The van der Waals surface area contributed by atoms with Gasteiger partial charge in [0.1, 0.15) is 9.88 Å². The smallest absolute Gasteiger partial charge is 0.270 e. The normalized spacial score (nSPS) is 13.5. The van der Waals surface area contributed by atoms with E-state index in [9.17, 15) is 4.79 Å². The molecule has 2 heterocycles. The molecule has 0 unspecified atom stereocenters. The van der Waals surface area contributed by atoms with Gasteiger partial charge < -0.3 is 10.6 Å². The molecule has 0 atom stereocenters. The first-order valence-electron chi connectivity index (χ1n) is 9.20. The second kappa shape index (κ2) is 6.82. The van der Waals surface area contributed by atoms with Crippen LogP contribution in [0.4, 0.5) is 11.4 Å². The number of benzene rings is 2. The summed E-state index contributed by atoms with van der Waals surface area (Å²) in [5.74, 6) is 0.0209. The van der Waals surface area contributed by atoms with Crippen molar-refractivity contribution < 1.29 is 4.79 Å². The first-order chi connectivity index (χ1) is 13.0. The number of thiazole rings is 1. The summed E-state index contributed by atoms with van der Waals surface area (Å²) in [5.41, 5.74) is 13.2. The summed E-state index contributed by atoms with van der Waals surface area (Å²) in [6, 6.07) is 12.1. The number of rotatable bonds is 2. The lowest BCUT2D eigenvalue weighted by molar-refractivity contribution is 0.0988. The van der Waals surface area contributed by atoms with Gasteiger partial charge in [0.05, 0.1) is 5.69 Å². The molecule has 0 radical (unpaired) electrons. The monoisotopic (exact) mass is 377 g/mol. The summed E-state index contributed by atoms with van der Waals surface area (Å²) in [6.45, 7) is 6.80. The second-order valence-corrected chi connectivity index (χ2v) is 8.16. The van der Waals surface area contributed by atoms with Crippen molar-refractivity contribution in [3.63, 3.8) is 0 Å². The Bertz CT molecular complexity index is 1040. The van der Waals surface area contributed by atoms with E-state index < -0.39 is 0 Å². The molecule has 0 saturated carbocycles. The Morgan fingerprint density at radius 3 is 2.78 bits per heavy atom. The van der Waals surface area contributed by atoms with E-state index in [0.717, 1.165) is 46.0 Å². The molecular weight excluding hydrogens is 354 g/mol. The highest BCUT2D eigenvalue weighted by atomic mass is 32.1. The van der Waals surface area contributed by atoms with E-state index in [0.29, 0.717) is 11.4 Å². The van der Waals surface area contributed by atoms with Crippen LogP contribution in [0, 0.1) is 20.8 Å². The number of hydrogen-bond acceptors (Lipinski definition) is 4. The van der Waals surface area contributed by atoms with Crippen LogP contribution in [-0.4, -0.2) is 17.4 Å². The van der Waals surface area contributed by atoms with Crippen LogP contribution in [0.15, 0.2) is 36.4 Å². The summed E-state index contributed by atoms with van der Waals surface area (Å²) in [6.07, 6.45) is 1.84. The van der Waals surface area contributed by atoms with Gasteiger partial charge in [-0.2, -0.15) is 0 Å². The van der Waals surface area contributed by atoms with Gasteiger partial charge in [-0.1, -0.05) is 29.8 Å². The number of nitrogen functional groups attached to an aromatic ring is 1. The van der Waals surface area contributed by atoms with Crippen molar-refractivity contribution in [1.82, 2.24) is 4.98 Å². The van der Waals surface area contributed by atoms with Crippen molar-refractivity contribution >= 4 is 28.6 Å². The quantitative estimate of drug-likeness (QED) is 0.646. The summed E-state index contributed by atoms with van der Waals surface area (Å²) in [7, 11) is 0. The summed E-state index contributed by atoms with van der Waals surface area (Å²) < 4.78 is 0. The topological polar surface area (TPSA) is 59.2 Å². The molecule has 3 aromatic rings. The summed E-state index contributed by atoms with van der Waals surface area (Å²) >= 11 is 1.48. The van der Waals surface area contributed by atoms with E-state index in [-0.39, 0.29) is 5.91 Å². The number of nitrogens with zero attached hydrogens (tertiary/aromatic N) is 2. The first-order valence-corrected chi connectivity index (χ1v) is 10.0. The number of anilines is 2. The Balaban J connectivity index is 1.72. The summed E-state index contributed by atoms with van der Waals surface area (Å²) in [5, 5.41) is 0.901.